The summed E-state index contributed by atoms with van der Waals surface area (Å²) in [5, 5.41) is 11.3. The summed E-state index contributed by atoms with van der Waals surface area (Å²) in [6, 6.07) is 19.4. The molecule has 5 amide bonds. The molecule has 17 heteroatoms. The van der Waals surface area contributed by atoms with Crippen LogP contribution in [0, 0.1) is 17.6 Å². The minimum Gasteiger partial charge on any atom is -0.494 e. The number of primary amides is 1. The number of halogens is 3. The van der Waals surface area contributed by atoms with E-state index in [-0.39, 0.29) is 63.4 Å². The van der Waals surface area contributed by atoms with E-state index < -0.39 is 35.1 Å². The molecule has 1 aliphatic carbocycles. The van der Waals surface area contributed by atoms with Gasteiger partial charge in [0.25, 0.3) is 0 Å². The predicted molar refractivity (Wildman–Crippen MR) is 255 cm³/mol. The van der Waals surface area contributed by atoms with E-state index >= 15 is 8.78 Å². The number of hydrogen-bond donors (Lipinski definition) is 3. The van der Waals surface area contributed by atoms with Gasteiger partial charge < -0.3 is 30.3 Å². The van der Waals surface area contributed by atoms with Gasteiger partial charge in [-0.25, -0.2) is 13.6 Å². The number of benzene rings is 4. The Morgan fingerprint density at radius 1 is 1.00 bits per heavy atom. The normalized spacial score (nSPS) is 22.2. The van der Waals surface area contributed by atoms with Gasteiger partial charge in [0, 0.05) is 92.7 Å². The number of amides is 5. The molecule has 3 aliphatic heterocycles. The lowest BCUT2D eigenvalue weighted by Crippen LogP contribution is -2.49. The second-order valence-electron chi connectivity index (χ2n) is 18.7. The lowest BCUT2D eigenvalue weighted by atomic mass is 9.77. The second kappa shape index (κ2) is 19.1. The first-order chi connectivity index (χ1) is 32.7. The highest BCUT2D eigenvalue weighted by Gasteiger charge is 2.50. The third kappa shape index (κ3) is 8.66. The SMILES string of the molecule is COc1ccc(C(N)=O)c(-c2c(Cl)c(F)cc3c2C(C)C(CNC2CCC(C(=O)N(C)CCN4CCC(c5ccc6c(N7CCC(=O)NC7=O)nn(C)c6c5)CC4)CC2)(c2ccccc2)O3)c1F. The van der Waals surface area contributed by atoms with Crippen molar-refractivity contribution in [3.63, 3.8) is 0 Å². The zero-order valence-electron chi connectivity index (χ0n) is 38.7. The summed E-state index contributed by atoms with van der Waals surface area (Å²) in [5.74, 6) is -2.38. The van der Waals surface area contributed by atoms with Crippen molar-refractivity contribution in [2.24, 2.45) is 18.7 Å². The van der Waals surface area contributed by atoms with Crippen molar-refractivity contribution in [1.29, 1.82) is 0 Å². The molecule has 4 aromatic carbocycles. The van der Waals surface area contributed by atoms with Crippen LogP contribution in [-0.2, 0) is 22.2 Å². The summed E-state index contributed by atoms with van der Waals surface area (Å²) in [6.45, 7) is 5.83. The molecule has 2 unspecified atom stereocenters. The number of methoxy groups -OCH3 is 1. The standard InChI is InChI=1S/C51H57ClF2N8O6/c1-29-42-40(27-37(53)45(52)44(42)43-36(47(55)64)16-17-39(67-4)46(43)54)68-51(29,33-8-6-5-7-9-33)28-56-34-13-10-31(11-14-34)49(65)59(2)24-25-61-21-18-30(19-22-61)32-12-15-35-38(26-32)60(3)58-48(35)62-23-20-41(63)57-50(62)66/h5-9,12,15-17,26-27,29-31,34,56H,10-11,13-14,18-25,28H2,1-4H3,(H2,55,64)(H,57,63,66). The molecule has 0 spiro atoms. The van der Waals surface area contributed by atoms with Gasteiger partial charge in [0.2, 0.25) is 17.7 Å². The first kappa shape index (κ1) is 47.0. The predicted octanol–water partition coefficient (Wildman–Crippen LogP) is 7.60. The van der Waals surface area contributed by atoms with Crippen LogP contribution in [0.5, 0.6) is 11.5 Å². The van der Waals surface area contributed by atoms with E-state index in [1.54, 1.807) is 4.68 Å². The largest absolute Gasteiger partial charge is 0.494 e. The van der Waals surface area contributed by atoms with Crippen LogP contribution in [0.15, 0.2) is 66.7 Å². The molecule has 4 N–H and O–H groups in total. The number of anilines is 1. The third-order valence-electron chi connectivity index (χ3n) is 14.8. The minimum absolute atomic E-state index is 0.00729. The Balaban J connectivity index is 0.803. The molecule has 2 atom stereocenters. The van der Waals surface area contributed by atoms with Gasteiger partial charge in [-0.2, -0.15) is 5.10 Å². The van der Waals surface area contributed by atoms with Gasteiger partial charge in [-0.15, -0.1) is 0 Å². The van der Waals surface area contributed by atoms with Crippen molar-refractivity contribution < 1.29 is 37.4 Å². The number of nitrogens with zero attached hydrogens (tertiary/aromatic N) is 5. The number of rotatable bonds is 13. The summed E-state index contributed by atoms with van der Waals surface area (Å²) in [7, 11) is 5.07. The van der Waals surface area contributed by atoms with Gasteiger partial charge in [-0.3, -0.25) is 29.3 Å². The lowest BCUT2D eigenvalue weighted by Gasteiger charge is -2.37. The van der Waals surface area contributed by atoms with Crippen LogP contribution in [-0.4, -0.2) is 103 Å². The summed E-state index contributed by atoms with van der Waals surface area (Å²) in [4.78, 5) is 56.6. The topological polar surface area (TPSA) is 164 Å². The number of piperidine rings is 1. The number of likely N-dealkylation sites (tertiary alicyclic amines) is 1. The van der Waals surface area contributed by atoms with Crippen LogP contribution < -0.4 is 30.7 Å². The number of ether oxygens (including phenoxy) is 2. The van der Waals surface area contributed by atoms with Gasteiger partial charge in [0.1, 0.15) is 11.6 Å². The van der Waals surface area contributed by atoms with E-state index in [0.717, 1.165) is 74.6 Å². The lowest BCUT2D eigenvalue weighted by molar-refractivity contribution is -0.135. The Hall–Kier alpha value is -6.10. The number of aromatic nitrogens is 2. The number of hydrogen-bond acceptors (Lipinski definition) is 9. The molecule has 1 aromatic heterocycles. The van der Waals surface area contributed by atoms with E-state index in [2.05, 4.69) is 32.8 Å². The van der Waals surface area contributed by atoms with E-state index in [4.69, 9.17) is 26.8 Å². The van der Waals surface area contributed by atoms with Crippen LogP contribution in [0.1, 0.15) is 90.8 Å². The smallest absolute Gasteiger partial charge is 0.329 e. The Bertz CT molecular complexity index is 2770. The van der Waals surface area contributed by atoms with Gasteiger partial charge in [0.05, 0.1) is 23.2 Å². The maximum atomic E-state index is 16.2. The van der Waals surface area contributed by atoms with Crippen LogP contribution in [0.25, 0.3) is 22.0 Å². The number of nitrogens with two attached hydrogens (primary N) is 1. The molecule has 0 bridgehead atoms. The summed E-state index contributed by atoms with van der Waals surface area (Å²) in [6.07, 6.45) is 5.22. The number of nitrogens with one attached hydrogen (secondary N) is 2. The van der Waals surface area contributed by atoms with Gasteiger partial charge in [-0.05, 0) is 92.9 Å². The van der Waals surface area contributed by atoms with Crippen LogP contribution >= 0.6 is 11.6 Å². The number of imide groups is 1. The van der Waals surface area contributed by atoms with Crippen molar-refractivity contribution in [2.75, 3.05) is 58.3 Å². The zero-order chi connectivity index (χ0) is 48.0. The summed E-state index contributed by atoms with van der Waals surface area (Å²) >= 11 is 6.69. The molecular formula is C51H57ClF2N8O6. The van der Waals surface area contributed by atoms with Crippen molar-refractivity contribution >= 4 is 52.1 Å². The highest BCUT2D eigenvalue weighted by Crippen LogP contribution is 2.56. The number of aryl methyl sites for hydroxylation is 1. The number of carbonyl (C=O) groups excluding carboxylic acids is 4. The van der Waals surface area contributed by atoms with Crippen molar-refractivity contribution in [3.8, 4) is 22.6 Å². The number of likely N-dealkylation sites (N-methyl/N-ethyl adjacent to an activating group) is 1. The monoisotopic (exact) mass is 950 g/mol. The second-order valence-corrected chi connectivity index (χ2v) is 19.1. The van der Waals surface area contributed by atoms with Crippen molar-refractivity contribution in [3.05, 3.63) is 106 Å². The Morgan fingerprint density at radius 3 is 2.43 bits per heavy atom. The molecule has 5 aromatic rings. The summed E-state index contributed by atoms with van der Waals surface area (Å²) < 4.78 is 45.8. The summed E-state index contributed by atoms with van der Waals surface area (Å²) in [5.41, 5.74) is 7.69. The van der Waals surface area contributed by atoms with Gasteiger partial charge in [-0.1, -0.05) is 54.9 Å². The molecule has 68 heavy (non-hydrogen) atoms. The fourth-order valence-electron chi connectivity index (χ4n) is 10.9. The third-order valence-corrected chi connectivity index (χ3v) is 15.2. The molecule has 14 nitrogen and oxygen atoms in total. The van der Waals surface area contributed by atoms with Crippen molar-refractivity contribution in [1.82, 2.24) is 30.2 Å². The highest BCUT2D eigenvalue weighted by atomic mass is 35.5. The number of urea groups is 1. The highest BCUT2D eigenvalue weighted by molar-refractivity contribution is 6.34. The van der Waals surface area contributed by atoms with E-state index in [9.17, 15) is 19.2 Å². The molecule has 9 rings (SSSR count). The van der Waals surface area contributed by atoms with Gasteiger partial charge in [0.15, 0.2) is 23.0 Å². The Kier molecular flexibility index (Phi) is 13.2. The number of carbonyl (C=O) groups is 4. The molecule has 2 saturated heterocycles. The quantitative estimate of drug-likeness (QED) is 0.108. The van der Waals surface area contributed by atoms with E-state index in [1.807, 2.05) is 62.3 Å². The molecule has 1 saturated carbocycles. The molecule has 358 valence electrons. The van der Waals surface area contributed by atoms with Crippen LogP contribution in [0.2, 0.25) is 5.02 Å². The average Bonchev–Trinajstić information content (AvgIpc) is 3.82. The Morgan fingerprint density at radius 2 is 1.74 bits per heavy atom. The fourth-order valence-corrected chi connectivity index (χ4v) is 11.1. The Labute approximate surface area is 399 Å². The van der Waals surface area contributed by atoms with Crippen molar-refractivity contribution in [2.45, 2.75) is 75.3 Å². The average molecular weight is 952 g/mol. The van der Waals surface area contributed by atoms with Gasteiger partial charge >= 0.3 is 6.03 Å². The molecule has 4 heterocycles. The molecule has 4 aliphatic rings. The van der Waals surface area contributed by atoms with E-state index in [0.29, 0.717) is 36.9 Å². The molecular weight excluding hydrogens is 894 g/mol. The molecule has 3 fully saturated rings. The maximum Gasteiger partial charge on any atom is 0.329 e. The van der Waals surface area contributed by atoms with Crippen LogP contribution in [0.3, 0.4) is 0 Å². The zero-order valence-corrected chi connectivity index (χ0v) is 39.5. The minimum atomic E-state index is -1.08. The maximum absolute atomic E-state index is 16.2. The van der Waals surface area contributed by atoms with E-state index in [1.165, 1.54) is 35.8 Å². The first-order valence-corrected chi connectivity index (χ1v) is 23.8. The number of fused-ring (bicyclic) bond motifs is 2. The van der Waals surface area contributed by atoms with Crippen LogP contribution in [0.4, 0.5) is 19.4 Å². The first-order valence-electron chi connectivity index (χ1n) is 23.4. The molecule has 0 radical (unpaired) electrons. The fraction of sp³-hybridized carbons (Fsp3) is 0.431.